The lowest BCUT2D eigenvalue weighted by molar-refractivity contribution is 0.273. The maximum absolute atomic E-state index is 8.68. The van der Waals surface area contributed by atoms with E-state index in [1.807, 2.05) is 25.1 Å². The van der Waals surface area contributed by atoms with E-state index in [-0.39, 0.29) is 6.61 Å². The summed E-state index contributed by atoms with van der Waals surface area (Å²) < 4.78 is 0. The van der Waals surface area contributed by atoms with Crippen LogP contribution in [0.3, 0.4) is 0 Å². The van der Waals surface area contributed by atoms with Gasteiger partial charge in [0.15, 0.2) is 0 Å². The van der Waals surface area contributed by atoms with Gasteiger partial charge in [-0.1, -0.05) is 6.07 Å². The number of nitrogens with zero attached hydrogens (tertiary/aromatic N) is 3. The normalized spacial score (nSPS) is 11.0. The Morgan fingerprint density at radius 2 is 2.07 bits per heavy atom. The number of aliphatic hydroxyl groups is 1. The van der Waals surface area contributed by atoms with Crippen LogP contribution in [-0.4, -0.2) is 26.7 Å². The molecule has 2 rings (SSSR count). The number of aromatic nitrogens is 3. The topological polar surface area (TPSA) is 50.9 Å². The Bertz CT molecular complexity index is 436. The van der Waals surface area contributed by atoms with Crippen molar-refractivity contribution in [3.05, 3.63) is 23.8 Å². The summed E-state index contributed by atoms with van der Waals surface area (Å²) in [4.78, 5) is 1.64. The standard InChI is InChI=1S/C10H13N3O/c1-8-3-4-9-10(7-8)12-13(11-9)5-2-6-14/h3-4,7,14H,2,5-6H2,1H3. The molecule has 74 valence electrons. The largest absolute Gasteiger partial charge is 0.396 e. The fraction of sp³-hybridized carbons (Fsp3) is 0.400. The molecule has 1 N–H and O–H groups in total. The molecule has 0 amide bonds. The van der Waals surface area contributed by atoms with Crippen LogP contribution >= 0.6 is 0 Å². The first kappa shape index (κ1) is 9.15. The van der Waals surface area contributed by atoms with Crippen LogP contribution < -0.4 is 0 Å². The van der Waals surface area contributed by atoms with Gasteiger partial charge in [0.05, 0.1) is 6.54 Å². The number of rotatable bonds is 3. The van der Waals surface area contributed by atoms with Gasteiger partial charge >= 0.3 is 0 Å². The van der Waals surface area contributed by atoms with Crippen molar-refractivity contribution < 1.29 is 5.11 Å². The Balaban J connectivity index is 2.32. The highest BCUT2D eigenvalue weighted by atomic mass is 16.3. The molecule has 0 spiro atoms. The first-order valence-corrected chi connectivity index (χ1v) is 4.72. The number of aliphatic hydroxyl groups excluding tert-OH is 1. The quantitative estimate of drug-likeness (QED) is 0.791. The average molecular weight is 191 g/mol. The van der Waals surface area contributed by atoms with Gasteiger partial charge < -0.3 is 5.11 Å². The molecule has 4 heteroatoms. The van der Waals surface area contributed by atoms with Gasteiger partial charge in [-0.2, -0.15) is 15.0 Å². The van der Waals surface area contributed by atoms with Gasteiger partial charge in [-0.15, -0.1) is 0 Å². The van der Waals surface area contributed by atoms with Crippen LogP contribution in [0.4, 0.5) is 0 Å². The SMILES string of the molecule is Cc1ccc2nn(CCCO)nc2c1. The van der Waals surface area contributed by atoms with E-state index in [0.29, 0.717) is 13.0 Å². The second-order valence-electron chi connectivity index (χ2n) is 3.37. The molecule has 0 saturated carbocycles. The predicted molar refractivity (Wildman–Crippen MR) is 54.0 cm³/mol. The van der Waals surface area contributed by atoms with Crippen molar-refractivity contribution in [2.75, 3.05) is 6.61 Å². The second-order valence-corrected chi connectivity index (χ2v) is 3.37. The van der Waals surface area contributed by atoms with E-state index < -0.39 is 0 Å². The molecule has 2 aromatic rings. The van der Waals surface area contributed by atoms with Crippen LogP contribution in [0, 0.1) is 6.92 Å². The highest BCUT2D eigenvalue weighted by Gasteiger charge is 2.01. The molecule has 0 radical (unpaired) electrons. The molecule has 0 aliphatic heterocycles. The minimum atomic E-state index is 0.177. The number of hydrogen-bond donors (Lipinski definition) is 1. The lowest BCUT2D eigenvalue weighted by Crippen LogP contribution is -2.03. The second kappa shape index (κ2) is 3.75. The molecule has 4 nitrogen and oxygen atoms in total. The minimum Gasteiger partial charge on any atom is -0.396 e. The molecular formula is C10H13N3O. The van der Waals surface area contributed by atoms with Gasteiger partial charge in [0.25, 0.3) is 0 Å². The van der Waals surface area contributed by atoms with Crippen LogP contribution in [-0.2, 0) is 6.54 Å². The van der Waals surface area contributed by atoms with Gasteiger partial charge in [-0.05, 0) is 31.0 Å². The summed E-state index contributed by atoms with van der Waals surface area (Å²) >= 11 is 0. The van der Waals surface area contributed by atoms with Crippen LogP contribution in [0.15, 0.2) is 18.2 Å². The Kier molecular flexibility index (Phi) is 2.45. The van der Waals surface area contributed by atoms with Gasteiger partial charge in [0.1, 0.15) is 11.0 Å². The molecular weight excluding hydrogens is 178 g/mol. The monoisotopic (exact) mass is 191 g/mol. The van der Waals surface area contributed by atoms with Crippen molar-refractivity contribution in [1.29, 1.82) is 0 Å². The molecule has 0 atom stereocenters. The molecule has 1 aromatic carbocycles. The molecule has 1 aromatic heterocycles. The zero-order valence-electron chi connectivity index (χ0n) is 8.14. The lowest BCUT2D eigenvalue weighted by Gasteiger charge is -1.94. The maximum Gasteiger partial charge on any atom is 0.113 e. The first-order chi connectivity index (χ1) is 6.79. The molecule has 14 heavy (non-hydrogen) atoms. The summed E-state index contributed by atoms with van der Waals surface area (Å²) in [6.45, 7) is 2.88. The van der Waals surface area contributed by atoms with Crippen molar-refractivity contribution in [3.63, 3.8) is 0 Å². The fourth-order valence-corrected chi connectivity index (χ4v) is 1.38. The van der Waals surface area contributed by atoms with Crippen LogP contribution in [0.1, 0.15) is 12.0 Å². The van der Waals surface area contributed by atoms with Crippen molar-refractivity contribution in [2.24, 2.45) is 0 Å². The number of benzene rings is 1. The first-order valence-electron chi connectivity index (χ1n) is 4.72. The molecule has 1 heterocycles. The number of aryl methyl sites for hydroxylation is 2. The van der Waals surface area contributed by atoms with E-state index >= 15 is 0 Å². The Labute approximate surface area is 82.2 Å². The summed E-state index contributed by atoms with van der Waals surface area (Å²) in [7, 11) is 0. The van der Waals surface area contributed by atoms with E-state index in [2.05, 4.69) is 10.2 Å². The van der Waals surface area contributed by atoms with Crippen molar-refractivity contribution >= 4 is 11.0 Å². The molecule has 0 fully saturated rings. The highest BCUT2D eigenvalue weighted by molar-refractivity contribution is 5.74. The van der Waals surface area contributed by atoms with Crippen molar-refractivity contribution in [1.82, 2.24) is 15.0 Å². The van der Waals surface area contributed by atoms with Gasteiger partial charge in [-0.3, -0.25) is 0 Å². The van der Waals surface area contributed by atoms with Crippen LogP contribution in [0.2, 0.25) is 0 Å². The average Bonchev–Trinajstić information content (AvgIpc) is 2.56. The Morgan fingerprint density at radius 1 is 1.29 bits per heavy atom. The summed E-state index contributed by atoms with van der Waals surface area (Å²) in [5.74, 6) is 0. The van der Waals surface area contributed by atoms with Crippen LogP contribution in [0.5, 0.6) is 0 Å². The number of fused-ring (bicyclic) bond motifs is 1. The van der Waals surface area contributed by atoms with E-state index in [1.54, 1.807) is 4.80 Å². The summed E-state index contributed by atoms with van der Waals surface area (Å²) in [6, 6.07) is 6.00. The van der Waals surface area contributed by atoms with Gasteiger partial charge in [0, 0.05) is 6.61 Å². The highest BCUT2D eigenvalue weighted by Crippen LogP contribution is 2.10. The maximum atomic E-state index is 8.68. The Morgan fingerprint density at radius 3 is 2.86 bits per heavy atom. The molecule has 0 aliphatic rings. The third-order valence-corrected chi connectivity index (χ3v) is 2.09. The van der Waals surface area contributed by atoms with E-state index in [0.717, 1.165) is 11.0 Å². The summed E-state index contributed by atoms with van der Waals surface area (Å²) in [5, 5.41) is 17.3. The Hall–Kier alpha value is -1.42. The summed E-state index contributed by atoms with van der Waals surface area (Å²) in [6.07, 6.45) is 0.694. The zero-order chi connectivity index (χ0) is 9.97. The smallest absolute Gasteiger partial charge is 0.113 e. The molecule has 0 bridgehead atoms. The minimum absolute atomic E-state index is 0.177. The fourth-order valence-electron chi connectivity index (χ4n) is 1.38. The summed E-state index contributed by atoms with van der Waals surface area (Å²) in [5.41, 5.74) is 3.02. The van der Waals surface area contributed by atoms with Crippen LogP contribution in [0.25, 0.3) is 11.0 Å². The number of hydrogen-bond acceptors (Lipinski definition) is 3. The van der Waals surface area contributed by atoms with Gasteiger partial charge in [-0.25, -0.2) is 0 Å². The third-order valence-electron chi connectivity index (χ3n) is 2.09. The molecule has 0 saturated heterocycles. The van der Waals surface area contributed by atoms with E-state index in [4.69, 9.17) is 5.11 Å². The van der Waals surface area contributed by atoms with Crippen molar-refractivity contribution in [3.8, 4) is 0 Å². The molecule has 0 aliphatic carbocycles. The zero-order valence-corrected chi connectivity index (χ0v) is 8.14. The third kappa shape index (κ3) is 1.75. The van der Waals surface area contributed by atoms with E-state index in [1.165, 1.54) is 5.56 Å². The van der Waals surface area contributed by atoms with Crippen molar-refractivity contribution in [2.45, 2.75) is 19.9 Å². The van der Waals surface area contributed by atoms with Gasteiger partial charge in [0.2, 0.25) is 0 Å². The van der Waals surface area contributed by atoms with E-state index in [9.17, 15) is 0 Å². The molecule has 0 unspecified atom stereocenters. The predicted octanol–water partition coefficient (Wildman–Crippen LogP) is 1.12. The lowest BCUT2D eigenvalue weighted by atomic mass is 10.2.